The van der Waals surface area contributed by atoms with Crippen LogP contribution in [0.15, 0.2) is 72.1 Å². The van der Waals surface area contributed by atoms with Crippen molar-refractivity contribution in [2.45, 2.75) is 73.7 Å². The Labute approximate surface area is 258 Å². The number of nitrogens with one attached hydrogen (secondary N) is 1. The summed E-state index contributed by atoms with van der Waals surface area (Å²) in [5, 5.41) is 1.18. The number of rotatable bonds is 9. The molecule has 3 aromatic carbocycles. The lowest BCUT2D eigenvalue weighted by Gasteiger charge is -2.35. The highest BCUT2D eigenvalue weighted by Crippen LogP contribution is 2.37. The number of hydrogen-bond acceptors (Lipinski definition) is 5. The van der Waals surface area contributed by atoms with Crippen LogP contribution < -0.4 is 15.2 Å². The number of piperidine rings is 1. The first-order chi connectivity index (χ1) is 21.1. The Morgan fingerprint density at radius 3 is 2.13 bits per heavy atom. The molecule has 3 aromatic rings. The molecule has 1 heterocycles. The van der Waals surface area contributed by atoms with Crippen LogP contribution >= 0.6 is 0 Å². The molecule has 1 amide bonds. The number of halogens is 5. The molecule has 5 rings (SSSR count). The van der Waals surface area contributed by atoms with Crippen LogP contribution in [-0.2, 0) is 20.7 Å². The van der Waals surface area contributed by atoms with Crippen molar-refractivity contribution in [2.24, 2.45) is 5.73 Å². The fourth-order valence-electron chi connectivity index (χ4n) is 5.67. The molecule has 0 aromatic heterocycles. The van der Waals surface area contributed by atoms with Crippen molar-refractivity contribution < 1.29 is 39.9 Å². The smallest absolute Gasteiger partial charge is 0.416 e. The Hall–Kier alpha value is -3.55. The summed E-state index contributed by atoms with van der Waals surface area (Å²) in [6.07, 6.45) is 0.129. The number of carbonyl (C=O) groups excluding carboxylic acids is 1. The Kier molecular flexibility index (Phi) is 9.25. The van der Waals surface area contributed by atoms with Crippen molar-refractivity contribution in [1.29, 1.82) is 0 Å². The fourth-order valence-corrected chi connectivity index (χ4v) is 6.89. The Balaban J connectivity index is 1.44. The molecule has 1 atom stereocenters. The van der Waals surface area contributed by atoms with Gasteiger partial charge in [0.1, 0.15) is 5.75 Å². The van der Waals surface area contributed by atoms with E-state index in [-0.39, 0.29) is 30.1 Å². The largest absolute Gasteiger partial charge is 0.490 e. The van der Waals surface area contributed by atoms with Crippen LogP contribution in [0.3, 0.4) is 0 Å². The van der Waals surface area contributed by atoms with Crippen LogP contribution in [0.2, 0.25) is 0 Å². The Morgan fingerprint density at radius 2 is 1.51 bits per heavy atom. The molecular formula is C32H34F5N3O4S. The van der Waals surface area contributed by atoms with E-state index in [2.05, 4.69) is 6.58 Å². The number of amides is 1. The second kappa shape index (κ2) is 12.7. The third kappa shape index (κ3) is 7.31. The third-order valence-electron chi connectivity index (χ3n) is 8.39. The molecule has 1 saturated heterocycles. The number of nitrogens with zero attached hydrogens (tertiary/aromatic N) is 1. The number of likely N-dealkylation sites (tertiary alicyclic amines) is 1. The van der Waals surface area contributed by atoms with Gasteiger partial charge in [-0.2, -0.15) is 26.7 Å². The third-order valence-corrected chi connectivity index (χ3v) is 9.81. The highest BCUT2D eigenvalue weighted by Gasteiger charge is 2.50. The maximum absolute atomic E-state index is 16.1. The number of carbonyl (C=O) groups is 1. The fraction of sp³-hybridized carbons (Fsp3) is 0.406. The van der Waals surface area contributed by atoms with E-state index >= 15 is 8.78 Å². The first kappa shape index (κ1) is 32.8. The second-order valence-corrected chi connectivity index (χ2v) is 13.3. The maximum Gasteiger partial charge on any atom is 0.416 e. The van der Waals surface area contributed by atoms with Gasteiger partial charge >= 0.3 is 6.18 Å². The van der Waals surface area contributed by atoms with Crippen LogP contribution in [0, 0.1) is 0 Å². The highest BCUT2D eigenvalue weighted by atomic mass is 32.2. The van der Waals surface area contributed by atoms with Crippen molar-refractivity contribution in [3.63, 3.8) is 0 Å². The number of ether oxygens (including phenoxy) is 1. The van der Waals surface area contributed by atoms with Gasteiger partial charge in [-0.1, -0.05) is 43.0 Å². The molecule has 7 nitrogen and oxygen atoms in total. The van der Waals surface area contributed by atoms with Crippen LogP contribution in [-0.4, -0.2) is 56.7 Å². The van der Waals surface area contributed by atoms with Gasteiger partial charge in [-0.25, -0.2) is 8.42 Å². The van der Waals surface area contributed by atoms with Gasteiger partial charge in [0.25, 0.3) is 5.92 Å². The highest BCUT2D eigenvalue weighted by molar-refractivity contribution is 7.89. The SMILES string of the molecule is C=C(c1ccc(C(F)(F)[C@H](NS(=O)(=O)c2ccc3cc(OC4CCCC4)ccc3c2)C(=O)N2CCC(N)CC2)cc1)C(F)(F)F. The minimum atomic E-state index is -4.78. The molecule has 1 saturated carbocycles. The van der Waals surface area contributed by atoms with E-state index in [1.165, 1.54) is 18.2 Å². The first-order valence-electron chi connectivity index (χ1n) is 14.7. The van der Waals surface area contributed by atoms with E-state index in [1.54, 1.807) is 18.2 Å². The van der Waals surface area contributed by atoms with Gasteiger partial charge in [0.2, 0.25) is 15.9 Å². The van der Waals surface area contributed by atoms with E-state index in [1.807, 2.05) is 4.72 Å². The van der Waals surface area contributed by atoms with E-state index in [9.17, 15) is 26.4 Å². The molecule has 45 heavy (non-hydrogen) atoms. The molecule has 0 bridgehead atoms. The summed E-state index contributed by atoms with van der Waals surface area (Å²) in [5.74, 6) is -4.68. The van der Waals surface area contributed by atoms with E-state index in [4.69, 9.17) is 10.5 Å². The van der Waals surface area contributed by atoms with Crippen LogP contribution in [0.1, 0.15) is 49.7 Å². The predicted octanol–water partition coefficient (Wildman–Crippen LogP) is 6.13. The molecule has 1 aliphatic carbocycles. The minimum Gasteiger partial charge on any atom is -0.490 e. The number of benzene rings is 3. The van der Waals surface area contributed by atoms with E-state index in [0.29, 0.717) is 29.4 Å². The van der Waals surface area contributed by atoms with Gasteiger partial charge in [-0.3, -0.25) is 4.79 Å². The summed E-state index contributed by atoms with van der Waals surface area (Å²) in [6.45, 7) is 3.05. The Bertz CT molecular complexity index is 1660. The van der Waals surface area contributed by atoms with Gasteiger partial charge in [0.05, 0.1) is 16.6 Å². The lowest BCUT2D eigenvalue weighted by Crippen LogP contribution is -2.58. The predicted molar refractivity (Wildman–Crippen MR) is 160 cm³/mol. The molecule has 2 fully saturated rings. The molecular weight excluding hydrogens is 617 g/mol. The van der Waals surface area contributed by atoms with Gasteiger partial charge in [-0.05, 0) is 79.1 Å². The summed E-state index contributed by atoms with van der Waals surface area (Å²) in [7, 11) is -4.70. The van der Waals surface area contributed by atoms with Crippen molar-refractivity contribution in [3.05, 3.63) is 78.4 Å². The lowest BCUT2D eigenvalue weighted by molar-refractivity contribution is -0.145. The average Bonchev–Trinajstić information content (AvgIpc) is 3.52. The zero-order valence-electron chi connectivity index (χ0n) is 24.3. The van der Waals surface area contributed by atoms with Crippen LogP contribution in [0.5, 0.6) is 5.75 Å². The maximum atomic E-state index is 16.1. The van der Waals surface area contributed by atoms with Crippen LogP contribution in [0.25, 0.3) is 16.3 Å². The van der Waals surface area contributed by atoms with Gasteiger partial charge in [0.15, 0.2) is 6.04 Å². The van der Waals surface area contributed by atoms with Gasteiger partial charge < -0.3 is 15.4 Å². The first-order valence-corrected chi connectivity index (χ1v) is 16.2. The minimum absolute atomic E-state index is 0.0416. The van der Waals surface area contributed by atoms with Crippen molar-refractivity contribution in [3.8, 4) is 5.75 Å². The molecule has 2 aliphatic rings. The van der Waals surface area contributed by atoms with Crippen molar-refractivity contribution in [1.82, 2.24) is 9.62 Å². The number of allylic oxidation sites excluding steroid dienone is 1. The molecule has 1 aliphatic heterocycles. The summed E-state index contributed by atoms with van der Waals surface area (Å²) in [4.78, 5) is 14.3. The van der Waals surface area contributed by atoms with Crippen molar-refractivity contribution >= 4 is 32.3 Å². The van der Waals surface area contributed by atoms with Crippen LogP contribution in [0.4, 0.5) is 22.0 Å². The van der Waals surface area contributed by atoms with E-state index < -0.39 is 50.8 Å². The monoisotopic (exact) mass is 651 g/mol. The van der Waals surface area contributed by atoms with E-state index in [0.717, 1.165) is 54.8 Å². The summed E-state index contributed by atoms with van der Waals surface area (Å²) >= 11 is 0. The number of sulfonamides is 1. The topological polar surface area (TPSA) is 102 Å². The quantitative estimate of drug-likeness (QED) is 0.272. The number of nitrogens with two attached hydrogens (primary N) is 1. The molecule has 0 spiro atoms. The lowest BCUT2D eigenvalue weighted by atomic mass is 9.96. The number of alkyl halides is 5. The normalized spacial score (nSPS) is 17.9. The van der Waals surface area contributed by atoms with Gasteiger partial charge in [0, 0.05) is 24.7 Å². The standard InChI is InChI=1S/C32H34F5N3O4S/c1-20(32(35,36)37)21-6-10-24(11-7-21)31(33,34)29(30(41)40-16-14-25(38)15-17-40)39-45(42,43)28-13-9-22-18-27(12-8-23(22)19-28)44-26-4-2-3-5-26/h6-13,18-19,25-26,29,39H,1-5,14-17,38H2/t29-/m1/s1. The zero-order chi connectivity index (χ0) is 32.6. The molecule has 242 valence electrons. The summed E-state index contributed by atoms with van der Waals surface area (Å²) < 4.78 is 107. The molecule has 0 radical (unpaired) electrons. The number of hydrogen-bond donors (Lipinski definition) is 2. The summed E-state index contributed by atoms with van der Waals surface area (Å²) in [6, 6.07) is 9.50. The number of fused-ring (bicyclic) bond motifs is 1. The molecule has 3 N–H and O–H groups in total. The zero-order valence-corrected chi connectivity index (χ0v) is 25.1. The Morgan fingerprint density at radius 1 is 0.911 bits per heavy atom. The second-order valence-electron chi connectivity index (χ2n) is 11.6. The molecule has 0 unspecified atom stereocenters. The van der Waals surface area contributed by atoms with Crippen molar-refractivity contribution in [2.75, 3.05) is 13.1 Å². The summed E-state index contributed by atoms with van der Waals surface area (Å²) in [5.41, 5.74) is 3.38. The average molecular weight is 652 g/mol. The molecule has 13 heteroatoms. The van der Waals surface area contributed by atoms with Gasteiger partial charge in [-0.15, -0.1) is 0 Å².